The number of unbranched alkanes of at least 4 members (excludes halogenated alkanes) is 1. The first-order valence-corrected chi connectivity index (χ1v) is 10.6. The lowest BCUT2D eigenvalue weighted by molar-refractivity contribution is 0.0953. The summed E-state index contributed by atoms with van der Waals surface area (Å²) in [6.45, 7) is 5.34. The van der Waals surface area contributed by atoms with Gasteiger partial charge in [0.05, 0.1) is 12.1 Å². The van der Waals surface area contributed by atoms with Crippen molar-refractivity contribution in [1.82, 2.24) is 10.2 Å². The maximum absolute atomic E-state index is 12.3. The summed E-state index contributed by atoms with van der Waals surface area (Å²) in [4.78, 5) is 16.9. The van der Waals surface area contributed by atoms with Gasteiger partial charge in [0.25, 0.3) is 5.91 Å². The minimum Gasteiger partial charge on any atom is -0.392 e. The molecular formula is C24H33N3O2. The van der Waals surface area contributed by atoms with E-state index >= 15 is 0 Å². The fourth-order valence-electron chi connectivity index (χ4n) is 3.86. The highest BCUT2D eigenvalue weighted by Gasteiger charge is 2.26. The zero-order valence-corrected chi connectivity index (χ0v) is 17.6. The number of rotatable bonds is 9. The Morgan fingerprint density at radius 3 is 2.55 bits per heavy atom. The van der Waals surface area contributed by atoms with Gasteiger partial charge in [-0.3, -0.25) is 9.69 Å². The van der Waals surface area contributed by atoms with Crippen LogP contribution in [0.3, 0.4) is 0 Å². The maximum Gasteiger partial charge on any atom is 0.251 e. The van der Waals surface area contributed by atoms with Crippen LogP contribution in [0.4, 0.5) is 5.69 Å². The highest BCUT2D eigenvalue weighted by atomic mass is 16.3. The van der Waals surface area contributed by atoms with Crippen LogP contribution in [-0.2, 0) is 0 Å². The molecule has 1 heterocycles. The number of nitrogens with zero attached hydrogens (tertiary/aromatic N) is 2. The third kappa shape index (κ3) is 5.81. The number of hydrogen-bond donors (Lipinski definition) is 2. The molecule has 5 nitrogen and oxygen atoms in total. The van der Waals surface area contributed by atoms with Crippen molar-refractivity contribution in [2.75, 3.05) is 38.1 Å². The van der Waals surface area contributed by atoms with Gasteiger partial charge in [0.15, 0.2) is 0 Å². The van der Waals surface area contributed by atoms with E-state index in [1.165, 1.54) is 5.56 Å². The zero-order chi connectivity index (χ0) is 20.6. The summed E-state index contributed by atoms with van der Waals surface area (Å²) < 4.78 is 0. The van der Waals surface area contributed by atoms with Crippen molar-refractivity contribution in [3.05, 3.63) is 65.7 Å². The van der Waals surface area contributed by atoms with Gasteiger partial charge in [-0.15, -0.1) is 0 Å². The number of aliphatic hydroxyl groups is 1. The highest BCUT2D eigenvalue weighted by Crippen LogP contribution is 2.28. The molecule has 2 unspecified atom stereocenters. The molecule has 1 aliphatic heterocycles. The molecule has 2 N–H and O–H groups in total. The Hall–Kier alpha value is -2.37. The lowest BCUT2D eigenvalue weighted by atomic mass is 10.0. The number of likely N-dealkylation sites (N-methyl/N-ethyl adjacent to an activating group) is 1. The summed E-state index contributed by atoms with van der Waals surface area (Å²) in [5.41, 5.74) is 3.01. The lowest BCUT2D eigenvalue weighted by Crippen LogP contribution is -2.36. The van der Waals surface area contributed by atoms with Crippen LogP contribution in [-0.4, -0.2) is 55.2 Å². The Labute approximate surface area is 174 Å². The normalized spacial score (nSPS) is 17.8. The Morgan fingerprint density at radius 1 is 1.21 bits per heavy atom. The van der Waals surface area contributed by atoms with Crippen LogP contribution in [0.1, 0.15) is 48.1 Å². The fourth-order valence-corrected chi connectivity index (χ4v) is 3.86. The summed E-state index contributed by atoms with van der Waals surface area (Å²) in [5, 5.41) is 12.9. The zero-order valence-electron chi connectivity index (χ0n) is 17.6. The minimum atomic E-state index is -0.220. The van der Waals surface area contributed by atoms with Crippen LogP contribution >= 0.6 is 0 Å². The van der Waals surface area contributed by atoms with Crippen molar-refractivity contribution in [2.24, 2.45) is 0 Å². The van der Waals surface area contributed by atoms with E-state index in [1.54, 1.807) is 0 Å². The van der Waals surface area contributed by atoms with Crippen LogP contribution in [0.2, 0.25) is 0 Å². The smallest absolute Gasteiger partial charge is 0.251 e. The highest BCUT2D eigenvalue weighted by molar-refractivity contribution is 5.94. The fraction of sp³-hybridized carbons (Fsp3) is 0.458. The van der Waals surface area contributed by atoms with Crippen LogP contribution in [0.25, 0.3) is 0 Å². The van der Waals surface area contributed by atoms with Gasteiger partial charge in [0, 0.05) is 44.5 Å². The molecule has 1 fully saturated rings. The third-order valence-corrected chi connectivity index (χ3v) is 5.68. The number of β-amino-alcohol motifs (C(OH)–C–C–N with tert-alkyl or cyclic N) is 1. The first-order valence-electron chi connectivity index (χ1n) is 10.6. The average molecular weight is 396 g/mol. The molecule has 0 aromatic heterocycles. The number of carbonyl (C=O) groups excluding carboxylic acids is 1. The van der Waals surface area contributed by atoms with E-state index in [9.17, 15) is 9.90 Å². The van der Waals surface area contributed by atoms with E-state index < -0.39 is 0 Å². The first kappa shape index (κ1) is 21.3. The number of amides is 1. The summed E-state index contributed by atoms with van der Waals surface area (Å²) >= 11 is 0. The molecule has 2 aromatic carbocycles. The molecule has 0 radical (unpaired) electrons. The van der Waals surface area contributed by atoms with Gasteiger partial charge in [-0.2, -0.15) is 0 Å². The molecule has 2 atom stereocenters. The number of likely N-dealkylation sites (tertiary alicyclic amines) is 1. The molecule has 1 aliphatic rings. The Bertz CT molecular complexity index is 763. The topological polar surface area (TPSA) is 55.8 Å². The number of aliphatic hydroxyl groups excluding tert-OH is 1. The number of hydrogen-bond acceptors (Lipinski definition) is 4. The monoisotopic (exact) mass is 395 g/mol. The molecule has 0 spiro atoms. The Kier molecular flexibility index (Phi) is 7.67. The second-order valence-electron chi connectivity index (χ2n) is 7.90. The Morgan fingerprint density at radius 2 is 1.93 bits per heavy atom. The molecule has 29 heavy (non-hydrogen) atoms. The number of benzene rings is 2. The summed E-state index contributed by atoms with van der Waals surface area (Å²) in [6, 6.07) is 18.5. The average Bonchev–Trinajstić information content (AvgIpc) is 3.17. The lowest BCUT2D eigenvalue weighted by Gasteiger charge is -2.33. The van der Waals surface area contributed by atoms with Gasteiger partial charge >= 0.3 is 0 Å². The first-order chi connectivity index (χ1) is 14.1. The molecule has 5 heteroatoms. The van der Waals surface area contributed by atoms with Crippen LogP contribution in [0.5, 0.6) is 0 Å². The van der Waals surface area contributed by atoms with Crippen LogP contribution in [0.15, 0.2) is 54.6 Å². The molecular weight excluding hydrogens is 362 g/mol. The summed E-state index contributed by atoms with van der Waals surface area (Å²) in [5.74, 6) is -0.0154. The van der Waals surface area contributed by atoms with Gasteiger partial charge < -0.3 is 15.3 Å². The SMILES string of the molecule is CCCCNC(=O)c1ccc(N(C)C(CN2CCC(O)C2)c2ccccc2)cc1. The van der Waals surface area contributed by atoms with Gasteiger partial charge in [0.1, 0.15) is 0 Å². The predicted molar refractivity (Wildman–Crippen MR) is 118 cm³/mol. The van der Waals surface area contributed by atoms with Gasteiger partial charge in [-0.1, -0.05) is 43.7 Å². The van der Waals surface area contributed by atoms with Gasteiger partial charge in [0.2, 0.25) is 0 Å². The second-order valence-corrected chi connectivity index (χ2v) is 7.90. The molecule has 0 bridgehead atoms. The van der Waals surface area contributed by atoms with E-state index in [0.29, 0.717) is 5.56 Å². The quantitative estimate of drug-likeness (QED) is 0.639. The molecule has 2 aromatic rings. The number of anilines is 1. The molecule has 156 valence electrons. The van der Waals surface area contributed by atoms with Crippen molar-refractivity contribution in [3.8, 4) is 0 Å². The van der Waals surface area contributed by atoms with E-state index in [2.05, 4.69) is 53.4 Å². The van der Waals surface area contributed by atoms with Crippen LogP contribution in [0, 0.1) is 0 Å². The van der Waals surface area contributed by atoms with Crippen molar-refractivity contribution < 1.29 is 9.90 Å². The third-order valence-electron chi connectivity index (χ3n) is 5.68. The van der Waals surface area contributed by atoms with E-state index in [4.69, 9.17) is 0 Å². The largest absolute Gasteiger partial charge is 0.392 e. The molecule has 3 rings (SSSR count). The number of carbonyl (C=O) groups is 1. The Balaban J connectivity index is 1.73. The van der Waals surface area contributed by atoms with E-state index in [1.807, 2.05) is 30.3 Å². The van der Waals surface area contributed by atoms with Crippen LogP contribution < -0.4 is 10.2 Å². The second kappa shape index (κ2) is 10.4. The predicted octanol–water partition coefficient (Wildman–Crippen LogP) is 3.46. The van der Waals surface area contributed by atoms with Crippen molar-refractivity contribution >= 4 is 11.6 Å². The number of nitrogens with one attached hydrogen (secondary N) is 1. The van der Waals surface area contributed by atoms with E-state index in [-0.39, 0.29) is 18.1 Å². The summed E-state index contributed by atoms with van der Waals surface area (Å²) in [7, 11) is 2.10. The van der Waals surface area contributed by atoms with Crippen molar-refractivity contribution in [1.29, 1.82) is 0 Å². The van der Waals surface area contributed by atoms with Gasteiger partial charge in [-0.25, -0.2) is 0 Å². The maximum atomic E-state index is 12.3. The van der Waals surface area contributed by atoms with E-state index in [0.717, 1.165) is 51.1 Å². The minimum absolute atomic E-state index is 0.0154. The summed E-state index contributed by atoms with van der Waals surface area (Å²) in [6.07, 6.45) is 2.69. The molecule has 0 saturated carbocycles. The molecule has 1 amide bonds. The molecule has 0 aliphatic carbocycles. The van der Waals surface area contributed by atoms with Gasteiger partial charge in [-0.05, 0) is 42.7 Å². The molecule has 1 saturated heterocycles. The standard InChI is InChI=1S/C24H33N3O2/c1-3-4-15-25-24(29)20-10-12-21(13-11-20)26(2)23(19-8-6-5-7-9-19)18-27-16-14-22(28)17-27/h5-13,22-23,28H,3-4,14-18H2,1-2H3,(H,25,29). The van der Waals surface area contributed by atoms with Crippen molar-refractivity contribution in [2.45, 2.75) is 38.3 Å². The van der Waals surface area contributed by atoms with Crippen molar-refractivity contribution in [3.63, 3.8) is 0 Å².